The van der Waals surface area contributed by atoms with Crippen molar-refractivity contribution in [2.75, 3.05) is 25.5 Å². The van der Waals surface area contributed by atoms with Crippen molar-refractivity contribution in [2.45, 2.75) is 0 Å². The van der Waals surface area contributed by atoms with Crippen molar-refractivity contribution in [3.8, 4) is 10.6 Å². The summed E-state index contributed by atoms with van der Waals surface area (Å²) in [5.41, 5.74) is 2.73. The number of thiazole rings is 1. The van der Waals surface area contributed by atoms with Gasteiger partial charge in [0.15, 0.2) is 0 Å². The molecule has 5 nitrogen and oxygen atoms in total. The lowest BCUT2D eigenvalue weighted by atomic mass is 10.2. The number of likely N-dealkylation sites (N-methyl/N-ethyl adjacent to an activating group) is 1. The zero-order chi connectivity index (χ0) is 16.2. The van der Waals surface area contributed by atoms with E-state index in [4.69, 9.17) is 5.11 Å². The van der Waals surface area contributed by atoms with Crippen molar-refractivity contribution >= 4 is 33.3 Å². The molecule has 0 aliphatic carbocycles. The molecule has 1 aromatic heterocycles. The minimum Gasteiger partial charge on any atom is -0.395 e. The first-order valence-electron chi connectivity index (χ1n) is 7.26. The number of anilines is 1. The number of amides is 2. The Kier molecular flexibility index (Phi) is 4.55. The molecule has 23 heavy (non-hydrogen) atoms. The van der Waals surface area contributed by atoms with Gasteiger partial charge in [-0.05, 0) is 36.4 Å². The largest absolute Gasteiger partial charge is 0.395 e. The molecular formula is C17H17N3O2S. The molecule has 3 rings (SSSR count). The van der Waals surface area contributed by atoms with E-state index in [0.717, 1.165) is 20.8 Å². The Morgan fingerprint density at radius 3 is 2.65 bits per heavy atom. The predicted molar refractivity (Wildman–Crippen MR) is 93.8 cm³/mol. The molecule has 2 N–H and O–H groups in total. The Morgan fingerprint density at radius 1 is 1.22 bits per heavy atom. The Bertz CT molecular complexity index is 781. The van der Waals surface area contributed by atoms with Crippen LogP contribution in [-0.2, 0) is 0 Å². The summed E-state index contributed by atoms with van der Waals surface area (Å²) in [5.74, 6) is 0. The highest BCUT2D eigenvalue weighted by Crippen LogP contribution is 2.30. The van der Waals surface area contributed by atoms with Crippen LogP contribution < -0.4 is 5.32 Å². The summed E-state index contributed by atoms with van der Waals surface area (Å²) >= 11 is 1.65. The number of aliphatic hydroxyl groups excluding tert-OH is 1. The van der Waals surface area contributed by atoms with E-state index < -0.39 is 0 Å². The quantitative estimate of drug-likeness (QED) is 0.771. The van der Waals surface area contributed by atoms with Gasteiger partial charge in [-0.15, -0.1) is 11.3 Å². The molecule has 0 saturated carbocycles. The van der Waals surface area contributed by atoms with Gasteiger partial charge in [-0.3, -0.25) is 0 Å². The van der Waals surface area contributed by atoms with Crippen molar-refractivity contribution < 1.29 is 9.90 Å². The van der Waals surface area contributed by atoms with Crippen LogP contribution in [0.5, 0.6) is 0 Å². The lowest BCUT2D eigenvalue weighted by Crippen LogP contribution is -2.33. The number of para-hydroxylation sites is 1. The highest BCUT2D eigenvalue weighted by molar-refractivity contribution is 7.21. The van der Waals surface area contributed by atoms with E-state index in [1.807, 2.05) is 42.5 Å². The molecular weight excluding hydrogens is 310 g/mol. The monoisotopic (exact) mass is 327 g/mol. The van der Waals surface area contributed by atoms with Gasteiger partial charge in [0.25, 0.3) is 0 Å². The van der Waals surface area contributed by atoms with Gasteiger partial charge >= 0.3 is 6.03 Å². The van der Waals surface area contributed by atoms with Gasteiger partial charge in [0.2, 0.25) is 0 Å². The third kappa shape index (κ3) is 3.49. The van der Waals surface area contributed by atoms with Crippen molar-refractivity contribution in [1.82, 2.24) is 9.88 Å². The number of carbonyl (C=O) groups is 1. The van der Waals surface area contributed by atoms with Crippen LogP contribution in [0, 0.1) is 0 Å². The van der Waals surface area contributed by atoms with Crippen LogP contribution in [-0.4, -0.2) is 41.2 Å². The minimum absolute atomic E-state index is 0.0551. The van der Waals surface area contributed by atoms with Crippen molar-refractivity contribution in [1.29, 1.82) is 0 Å². The van der Waals surface area contributed by atoms with E-state index in [0.29, 0.717) is 12.2 Å². The standard InChI is InChI=1S/C17H17N3O2S/c1-20(10-11-21)17(22)18-13-8-6-12(7-9-13)16-19-14-4-2-3-5-15(14)23-16/h2-9,21H,10-11H2,1H3,(H,18,22). The van der Waals surface area contributed by atoms with Crippen LogP contribution >= 0.6 is 11.3 Å². The molecule has 118 valence electrons. The van der Waals surface area contributed by atoms with E-state index in [2.05, 4.69) is 16.4 Å². The van der Waals surface area contributed by atoms with Crippen LogP contribution in [0.15, 0.2) is 48.5 Å². The van der Waals surface area contributed by atoms with E-state index in [1.165, 1.54) is 4.90 Å². The van der Waals surface area contributed by atoms with E-state index in [-0.39, 0.29) is 12.6 Å². The molecule has 0 aliphatic rings. The van der Waals surface area contributed by atoms with E-state index in [9.17, 15) is 4.79 Å². The van der Waals surface area contributed by atoms with Gasteiger partial charge in [-0.25, -0.2) is 9.78 Å². The second-order valence-electron chi connectivity index (χ2n) is 5.14. The van der Waals surface area contributed by atoms with E-state index >= 15 is 0 Å². The minimum atomic E-state index is -0.244. The number of nitrogens with zero attached hydrogens (tertiary/aromatic N) is 2. The van der Waals surface area contributed by atoms with Gasteiger partial charge in [0.05, 0.1) is 16.8 Å². The van der Waals surface area contributed by atoms with Crippen LogP contribution in [0.4, 0.5) is 10.5 Å². The van der Waals surface area contributed by atoms with Gasteiger partial charge in [0.1, 0.15) is 5.01 Å². The number of fused-ring (bicyclic) bond motifs is 1. The highest BCUT2D eigenvalue weighted by atomic mass is 32.1. The summed E-state index contributed by atoms with van der Waals surface area (Å²) in [7, 11) is 1.64. The maximum atomic E-state index is 11.9. The molecule has 1 heterocycles. The average molecular weight is 327 g/mol. The van der Waals surface area contributed by atoms with Crippen LogP contribution in [0.25, 0.3) is 20.8 Å². The molecule has 0 spiro atoms. The molecule has 0 fully saturated rings. The molecule has 2 aromatic carbocycles. The Hall–Kier alpha value is -2.44. The second kappa shape index (κ2) is 6.76. The lowest BCUT2D eigenvalue weighted by molar-refractivity contribution is 0.202. The van der Waals surface area contributed by atoms with Gasteiger partial charge in [0, 0.05) is 24.8 Å². The summed E-state index contributed by atoms with van der Waals surface area (Å²) in [6, 6.07) is 15.4. The maximum Gasteiger partial charge on any atom is 0.321 e. The van der Waals surface area contributed by atoms with Crippen LogP contribution in [0.1, 0.15) is 0 Å². The number of rotatable bonds is 4. The molecule has 3 aromatic rings. The third-order valence-corrected chi connectivity index (χ3v) is 4.54. The second-order valence-corrected chi connectivity index (χ2v) is 6.17. The fourth-order valence-corrected chi connectivity index (χ4v) is 3.13. The molecule has 6 heteroatoms. The molecule has 0 aliphatic heterocycles. The average Bonchev–Trinajstić information content (AvgIpc) is 2.99. The van der Waals surface area contributed by atoms with Crippen LogP contribution in [0.2, 0.25) is 0 Å². The molecule has 0 bridgehead atoms. The Morgan fingerprint density at radius 2 is 1.96 bits per heavy atom. The van der Waals surface area contributed by atoms with Gasteiger partial charge in [-0.2, -0.15) is 0 Å². The summed E-state index contributed by atoms with van der Waals surface area (Å²) in [6.07, 6.45) is 0. The van der Waals surface area contributed by atoms with Crippen molar-refractivity contribution in [3.63, 3.8) is 0 Å². The van der Waals surface area contributed by atoms with Gasteiger partial charge < -0.3 is 15.3 Å². The number of carbonyl (C=O) groups excluding carboxylic acids is 1. The van der Waals surface area contributed by atoms with E-state index in [1.54, 1.807) is 18.4 Å². The fourth-order valence-electron chi connectivity index (χ4n) is 2.16. The highest BCUT2D eigenvalue weighted by Gasteiger charge is 2.09. The third-order valence-electron chi connectivity index (χ3n) is 3.46. The molecule has 0 unspecified atom stereocenters. The summed E-state index contributed by atoms with van der Waals surface area (Å²) < 4.78 is 1.16. The van der Waals surface area contributed by atoms with Crippen LogP contribution in [0.3, 0.4) is 0 Å². The number of hydrogen-bond acceptors (Lipinski definition) is 4. The van der Waals surface area contributed by atoms with Crippen molar-refractivity contribution in [2.24, 2.45) is 0 Å². The molecule has 0 radical (unpaired) electrons. The number of urea groups is 1. The SMILES string of the molecule is CN(CCO)C(=O)Nc1ccc(-c2nc3ccccc3s2)cc1. The number of nitrogens with one attached hydrogen (secondary N) is 1. The number of aromatic nitrogens is 1. The Labute approximate surface area is 138 Å². The first kappa shape index (κ1) is 15.5. The maximum absolute atomic E-state index is 11.9. The zero-order valence-electron chi connectivity index (χ0n) is 12.7. The molecule has 2 amide bonds. The first-order chi connectivity index (χ1) is 11.2. The number of aliphatic hydroxyl groups is 1. The lowest BCUT2D eigenvalue weighted by Gasteiger charge is -2.16. The molecule has 0 saturated heterocycles. The first-order valence-corrected chi connectivity index (χ1v) is 8.08. The smallest absolute Gasteiger partial charge is 0.321 e. The number of hydrogen-bond donors (Lipinski definition) is 2. The zero-order valence-corrected chi connectivity index (χ0v) is 13.5. The fraction of sp³-hybridized carbons (Fsp3) is 0.176. The summed E-state index contributed by atoms with van der Waals surface area (Å²) in [4.78, 5) is 17.9. The predicted octanol–water partition coefficient (Wildman–Crippen LogP) is 3.42. The summed E-state index contributed by atoms with van der Waals surface area (Å²) in [5, 5.41) is 12.6. The van der Waals surface area contributed by atoms with Gasteiger partial charge in [-0.1, -0.05) is 12.1 Å². The Balaban J connectivity index is 1.75. The number of benzene rings is 2. The van der Waals surface area contributed by atoms with Crippen molar-refractivity contribution in [3.05, 3.63) is 48.5 Å². The molecule has 0 atom stereocenters. The normalized spacial score (nSPS) is 10.7. The topological polar surface area (TPSA) is 65.5 Å². The summed E-state index contributed by atoms with van der Waals surface area (Å²) in [6.45, 7) is 0.246.